The second kappa shape index (κ2) is 4.27. The molecule has 2 saturated heterocycles. The summed E-state index contributed by atoms with van der Waals surface area (Å²) in [5.74, 6) is 1.17. The van der Waals surface area contributed by atoms with Gasteiger partial charge in [0, 0.05) is 31.1 Å². The van der Waals surface area contributed by atoms with E-state index < -0.39 is 0 Å². The Morgan fingerprint density at radius 2 is 2.00 bits per heavy atom. The van der Waals surface area contributed by atoms with Gasteiger partial charge in [0.05, 0.1) is 0 Å². The van der Waals surface area contributed by atoms with Crippen molar-refractivity contribution < 1.29 is 4.79 Å². The predicted octanol–water partition coefficient (Wildman–Crippen LogP) is 1.78. The van der Waals surface area contributed by atoms with E-state index >= 15 is 0 Å². The minimum atomic E-state index is -0.0372. The summed E-state index contributed by atoms with van der Waals surface area (Å²) < 4.78 is 0. The monoisotopic (exact) mass is 236 g/mol. The zero-order valence-corrected chi connectivity index (χ0v) is 10.9. The fraction of sp³-hybridized carbons (Fsp3) is 0.929. The quantitative estimate of drug-likeness (QED) is 0.752. The van der Waals surface area contributed by atoms with Crippen LogP contribution in [0.4, 0.5) is 0 Å². The first-order valence-corrected chi connectivity index (χ1v) is 7.22. The van der Waals surface area contributed by atoms with Crippen molar-refractivity contribution in [3.63, 3.8) is 0 Å². The Bertz CT molecular complexity index is 309. The Kier molecular flexibility index (Phi) is 2.89. The molecule has 2 unspecified atom stereocenters. The normalized spacial score (nSPS) is 35.9. The molecule has 1 amide bonds. The average Bonchev–Trinajstić information content (AvgIpc) is 2.96. The van der Waals surface area contributed by atoms with Gasteiger partial charge < -0.3 is 10.2 Å². The van der Waals surface area contributed by atoms with Crippen LogP contribution in [0.1, 0.15) is 45.4 Å². The third kappa shape index (κ3) is 1.88. The lowest BCUT2D eigenvalue weighted by molar-refractivity contribution is -0.145. The van der Waals surface area contributed by atoms with Crippen LogP contribution in [0.2, 0.25) is 0 Å². The van der Waals surface area contributed by atoms with Crippen LogP contribution in [0.25, 0.3) is 0 Å². The van der Waals surface area contributed by atoms with Crippen LogP contribution in [0.3, 0.4) is 0 Å². The lowest BCUT2D eigenvalue weighted by atomic mass is 9.84. The molecule has 3 fully saturated rings. The van der Waals surface area contributed by atoms with Crippen molar-refractivity contribution in [2.24, 2.45) is 11.3 Å². The molecule has 2 heterocycles. The Hall–Kier alpha value is -0.570. The van der Waals surface area contributed by atoms with Gasteiger partial charge in [-0.15, -0.1) is 0 Å². The van der Waals surface area contributed by atoms with Gasteiger partial charge in [0.25, 0.3) is 0 Å². The maximum Gasteiger partial charge on any atom is 0.228 e. The molecule has 0 aromatic rings. The molecule has 1 aliphatic carbocycles. The molecule has 0 aromatic heterocycles. The number of nitrogens with zero attached hydrogens (tertiary/aromatic N) is 1. The van der Waals surface area contributed by atoms with Gasteiger partial charge in [0.1, 0.15) is 0 Å². The maximum atomic E-state index is 12.8. The third-order valence-electron chi connectivity index (χ3n) is 5.16. The van der Waals surface area contributed by atoms with Crippen LogP contribution in [0.5, 0.6) is 0 Å². The van der Waals surface area contributed by atoms with E-state index in [0.717, 1.165) is 38.4 Å². The number of rotatable bonds is 1. The number of fused-ring (bicyclic) bond motifs is 1. The molecule has 3 aliphatic rings. The third-order valence-corrected chi connectivity index (χ3v) is 5.16. The van der Waals surface area contributed by atoms with E-state index in [2.05, 4.69) is 17.1 Å². The molecule has 3 nitrogen and oxygen atoms in total. The highest BCUT2D eigenvalue weighted by Gasteiger charge is 2.44. The van der Waals surface area contributed by atoms with E-state index in [-0.39, 0.29) is 5.41 Å². The summed E-state index contributed by atoms with van der Waals surface area (Å²) >= 11 is 0. The van der Waals surface area contributed by atoms with Gasteiger partial charge in [-0.1, -0.05) is 19.8 Å². The summed E-state index contributed by atoms with van der Waals surface area (Å²) in [6, 6.07) is 0.494. The summed E-state index contributed by atoms with van der Waals surface area (Å²) in [6.45, 7) is 5.32. The van der Waals surface area contributed by atoms with E-state index in [1.165, 1.54) is 25.7 Å². The van der Waals surface area contributed by atoms with Gasteiger partial charge >= 0.3 is 0 Å². The van der Waals surface area contributed by atoms with Gasteiger partial charge in [0.15, 0.2) is 0 Å². The highest BCUT2D eigenvalue weighted by Crippen LogP contribution is 2.41. The van der Waals surface area contributed by atoms with Crippen LogP contribution < -0.4 is 5.32 Å². The van der Waals surface area contributed by atoms with E-state index in [4.69, 9.17) is 0 Å². The van der Waals surface area contributed by atoms with Crippen molar-refractivity contribution in [3.05, 3.63) is 0 Å². The molecule has 96 valence electrons. The lowest BCUT2D eigenvalue weighted by Gasteiger charge is -2.41. The van der Waals surface area contributed by atoms with Crippen molar-refractivity contribution in [2.45, 2.75) is 51.5 Å². The first kappa shape index (κ1) is 11.5. The number of nitrogens with one attached hydrogen (secondary N) is 1. The SMILES string of the molecule is CC1(C(=O)N2CCCC3CNCC32)CCCC1. The van der Waals surface area contributed by atoms with Gasteiger partial charge in [-0.3, -0.25) is 4.79 Å². The van der Waals surface area contributed by atoms with Gasteiger partial charge in [-0.2, -0.15) is 0 Å². The fourth-order valence-electron chi connectivity index (χ4n) is 4.04. The molecule has 0 aromatic carbocycles. The maximum absolute atomic E-state index is 12.8. The molecule has 17 heavy (non-hydrogen) atoms. The van der Waals surface area contributed by atoms with Crippen molar-refractivity contribution in [2.75, 3.05) is 19.6 Å². The molecule has 1 N–H and O–H groups in total. The number of carbonyl (C=O) groups is 1. The highest BCUT2D eigenvalue weighted by atomic mass is 16.2. The topological polar surface area (TPSA) is 32.3 Å². The second-order valence-electron chi connectivity index (χ2n) is 6.39. The summed E-state index contributed by atoms with van der Waals surface area (Å²) in [5.41, 5.74) is -0.0372. The zero-order valence-electron chi connectivity index (χ0n) is 10.9. The molecular weight excluding hydrogens is 212 g/mol. The van der Waals surface area contributed by atoms with E-state index in [9.17, 15) is 4.79 Å². The number of hydrogen-bond donors (Lipinski definition) is 1. The summed E-state index contributed by atoms with van der Waals surface area (Å²) in [7, 11) is 0. The van der Waals surface area contributed by atoms with Crippen molar-refractivity contribution >= 4 is 5.91 Å². The minimum absolute atomic E-state index is 0.0372. The number of hydrogen-bond acceptors (Lipinski definition) is 2. The van der Waals surface area contributed by atoms with Gasteiger partial charge in [-0.05, 0) is 31.6 Å². The average molecular weight is 236 g/mol. The number of likely N-dealkylation sites (tertiary alicyclic amines) is 1. The first-order valence-electron chi connectivity index (χ1n) is 7.22. The van der Waals surface area contributed by atoms with Crippen molar-refractivity contribution in [1.29, 1.82) is 0 Å². The van der Waals surface area contributed by atoms with Crippen LogP contribution in [0, 0.1) is 11.3 Å². The summed E-state index contributed by atoms with van der Waals surface area (Å²) in [6.07, 6.45) is 7.19. The minimum Gasteiger partial charge on any atom is -0.338 e. The lowest BCUT2D eigenvalue weighted by Crippen LogP contribution is -2.52. The molecule has 1 saturated carbocycles. The molecule has 0 spiro atoms. The molecule has 0 bridgehead atoms. The molecular formula is C14H24N2O. The molecule has 0 radical (unpaired) electrons. The molecule has 3 rings (SSSR count). The summed E-state index contributed by atoms with van der Waals surface area (Å²) in [5, 5.41) is 3.46. The predicted molar refractivity (Wildman–Crippen MR) is 67.7 cm³/mol. The Morgan fingerprint density at radius 1 is 1.24 bits per heavy atom. The zero-order chi connectivity index (χ0) is 11.9. The van der Waals surface area contributed by atoms with Crippen LogP contribution in [0.15, 0.2) is 0 Å². The van der Waals surface area contributed by atoms with E-state index in [1.54, 1.807) is 0 Å². The molecule has 3 heteroatoms. The van der Waals surface area contributed by atoms with E-state index in [1.807, 2.05) is 0 Å². The summed E-state index contributed by atoms with van der Waals surface area (Å²) in [4.78, 5) is 15.0. The smallest absolute Gasteiger partial charge is 0.228 e. The van der Waals surface area contributed by atoms with Crippen molar-refractivity contribution in [3.8, 4) is 0 Å². The largest absolute Gasteiger partial charge is 0.338 e. The van der Waals surface area contributed by atoms with Crippen LogP contribution in [-0.2, 0) is 4.79 Å². The van der Waals surface area contributed by atoms with E-state index in [0.29, 0.717) is 11.9 Å². The Morgan fingerprint density at radius 3 is 2.76 bits per heavy atom. The Labute approximate surface area is 104 Å². The van der Waals surface area contributed by atoms with Crippen LogP contribution >= 0.6 is 0 Å². The number of carbonyl (C=O) groups excluding carboxylic acids is 1. The van der Waals surface area contributed by atoms with Gasteiger partial charge in [-0.25, -0.2) is 0 Å². The fourth-order valence-corrected chi connectivity index (χ4v) is 4.04. The Balaban J connectivity index is 1.76. The highest BCUT2D eigenvalue weighted by molar-refractivity contribution is 5.83. The standard InChI is InChI=1S/C14H24N2O/c1-14(6-2-3-7-14)13(17)16-8-4-5-11-9-15-10-12(11)16/h11-12,15H,2-10H2,1H3. The van der Waals surface area contributed by atoms with Crippen molar-refractivity contribution in [1.82, 2.24) is 10.2 Å². The number of amides is 1. The second-order valence-corrected chi connectivity index (χ2v) is 6.39. The van der Waals surface area contributed by atoms with Crippen LogP contribution in [-0.4, -0.2) is 36.5 Å². The first-order chi connectivity index (χ1) is 8.21. The van der Waals surface area contributed by atoms with Gasteiger partial charge in [0.2, 0.25) is 5.91 Å². The molecule has 2 aliphatic heterocycles. The molecule has 2 atom stereocenters. The number of piperidine rings is 1.